The van der Waals surface area contributed by atoms with Crippen LogP contribution in [-0.4, -0.2) is 37.2 Å². The molecular weight excluding hydrogens is 769 g/mol. The molecule has 0 aromatic heterocycles. The van der Waals surface area contributed by atoms with Crippen molar-refractivity contribution >= 4 is 17.9 Å². The normalized spacial score (nSPS) is 13.1. The highest BCUT2D eigenvalue weighted by atomic mass is 16.6. The molecule has 0 saturated carbocycles. The van der Waals surface area contributed by atoms with E-state index in [-0.39, 0.29) is 31.6 Å². The molecule has 0 fully saturated rings. The van der Waals surface area contributed by atoms with Gasteiger partial charge in [0.25, 0.3) is 0 Å². The summed E-state index contributed by atoms with van der Waals surface area (Å²) < 4.78 is 16.6. The molecule has 0 heterocycles. The maximum atomic E-state index is 12.8. The van der Waals surface area contributed by atoms with E-state index in [1.54, 1.807) is 6.08 Å². The van der Waals surface area contributed by atoms with E-state index < -0.39 is 12.1 Å². The zero-order valence-corrected chi connectivity index (χ0v) is 39.6. The average Bonchev–Trinajstić information content (AvgIpc) is 3.27. The first-order valence-electron chi connectivity index (χ1n) is 24.6. The Bertz CT molecular complexity index is 1350. The van der Waals surface area contributed by atoms with Crippen molar-refractivity contribution in [1.82, 2.24) is 0 Å². The number of hydrogen-bond donors (Lipinski definition) is 0. The lowest BCUT2D eigenvalue weighted by Crippen LogP contribution is -2.30. The first-order chi connectivity index (χ1) is 30.5. The summed E-state index contributed by atoms with van der Waals surface area (Å²) in [6.45, 7) is 6.26. The minimum atomic E-state index is -0.831. The topological polar surface area (TPSA) is 78.9 Å². The second-order valence-electron chi connectivity index (χ2n) is 15.8. The molecule has 0 aliphatic rings. The van der Waals surface area contributed by atoms with Crippen LogP contribution >= 0.6 is 0 Å². The van der Waals surface area contributed by atoms with Gasteiger partial charge in [-0.1, -0.05) is 213 Å². The maximum absolute atomic E-state index is 12.8. The minimum Gasteiger partial charge on any atom is -0.462 e. The fourth-order valence-corrected chi connectivity index (χ4v) is 6.15. The van der Waals surface area contributed by atoms with Crippen LogP contribution in [0.1, 0.15) is 194 Å². The van der Waals surface area contributed by atoms with Gasteiger partial charge in [-0.3, -0.25) is 14.4 Å². The molecule has 6 heteroatoms. The average molecular weight is 857 g/mol. The largest absolute Gasteiger partial charge is 0.462 e. The van der Waals surface area contributed by atoms with E-state index in [1.807, 2.05) is 42.5 Å². The predicted octanol–water partition coefficient (Wildman–Crippen LogP) is 16.1. The molecule has 0 aromatic rings. The minimum absolute atomic E-state index is 0.123. The fraction of sp³-hybridized carbons (Fsp3) is 0.589. The highest BCUT2D eigenvalue weighted by Crippen LogP contribution is 2.13. The number of unbranched alkanes of at least 4 members (excludes halogenated alkanes) is 16. The molecule has 0 rings (SSSR count). The van der Waals surface area contributed by atoms with E-state index in [9.17, 15) is 14.4 Å². The molecule has 0 saturated heterocycles. The van der Waals surface area contributed by atoms with Gasteiger partial charge in [0, 0.05) is 12.8 Å². The van der Waals surface area contributed by atoms with Crippen molar-refractivity contribution in [1.29, 1.82) is 0 Å². The summed E-state index contributed by atoms with van der Waals surface area (Å²) in [4.78, 5) is 37.8. The van der Waals surface area contributed by atoms with Gasteiger partial charge >= 0.3 is 17.9 Å². The highest BCUT2D eigenvalue weighted by molar-refractivity contribution is 5.72. The molecule has 0 radical (unpaired) electrons. The van der Waals surface area contributed by atoms with Crippen molar-refractivity contribution in [3.05, 3.63) is 122 Å². The van der Waals surface area contributed by atoms with Crippen molar-refractivity contribution < 1.29 is 28.6 Å². The monoisotopic (exact) mass is 857 g/mol. The van der Waals surface area contributed by atoms with Gasteiger partial charge < -0.3 is 14.2 Å². The third-order valence-corrected chi connectivity index (χ3v) is 9.81. The van der Waals surface area contributed by atoms with Gasteiger partial charge in [0.05, 0.1) is 6.42 Å². The lowest BCUT2D eigenvalue weighted by molar-refractivity contribution is -0.166. The van der Waals surface area contributed by atoms with Crippen molar-refractivity contribution in [2.75, 3.05) is 13.2 Å². The number of hydrogen-bond acceptors (Lipinski definition) is 6. The first kappa shape index (κ1) is 57.8. The molecule has 348 valence electrons. The molecule has 1 unspecified atom stereocenters. The van der Waals surface area contributed by atoms with Crippen molar-refractivity contribution in [3.63, 3.8) is 0 Å². The Balaban J connectivity index is 4.48. The summed E-state index contributed by atoms with van der Waals surface area (Å²) in [7, 11) is 0. The fourth-order valence-electron chi connectivity index (χ4n) is 6.15. The van der Waals surface area contributed by atoms with E-state index in [4.69, 9.17) is 14.2 Å². The van der Waals surface area contributed by atoms with E-state index in [1.165, 1.54) is 57.8 Å². The number of ether oxygens (including phenoxy) is 3. The van der Waals surface area contributed by atoms with Crippen LogP contribution in [-0.2, 0) is 28.6 Å². The number of allylic oxidation sites excluding steroid dienone is 19. The third kappa shape index (κ3) is 46.9. The smallest absolute Gasteiger partial charge is 0.309 e. The summed E-state index contributed by atoms with van der Waals surface area (Å²) in [6, 6.07) is 0. The number of rotatable bonds is 42. The molecule has 0 amide bonds. The molecule has 0 bridgehead atoms. The third-order valence-electron chi connectivity index (χ3n) is 9.81. The van der Waals surface area contributed by atoms with Crippen molar-refractivity contribution in [2.45, 2.75) is 200 Å². The molecule has 6 nitrogen and oxygen atoms in total. The Kier molecular flexibility index (Phi) is 46.1. The molecule has 0 N–H and O–H groups in total. The molecule has 1 atom stereocenters. The van der Waals surface area contributed by atoms with Gasteiger partial charge in [-0.25, -0.2) is 0 Å². The lowest BCUT2D eigenvalue weighted by Gasteiger charge is -2.18. The Morgan fingerprint density at radius 1 is 0.371 bits per heavy atom. The number of esters is 3. The summed E-state index contributed by atoms with van der Waals surface area (Å²) in [6.07, 6.45) is 67.8. The molecular formula is C56H88O6. The van der Waals surface area contributed by atoms with Crippen molar-refractivity contribution in [2.24, 2.45) is 0 Å². The lowest BCUT2D eigenvalue weighted by atomic mass is 10.1. The van der Waals surface area contributed by atoms with Gasteiger partial charge in [-0.05, 0) is 83.5 Å². The van der Waals surface area contributed by atoms with Crippen LogP contribution in [0.15, 0.2) is 122 Å². The second kappa shape index (κ2) is 49.5. The SMILES string of the molecule is CC/C=C\C/C=C\C/C=C\CC(=O)OCC(COC(=O)CCCCCCC\C=C/C=C\C=C/C=C\C=C/CCC)OC(=O)CCCCCCCCC/C=C\C/C=C\CCCCC. The molecule has 0 aliphatic heterocycles. The Hall–Kier alpha value is -4.19. The Labute approximate surface area is 380 Å². The van der Waals surface area contributed by atoms with Crippen LogP contribution in [0.4, 0.5) is 0 Å². The zero-order chi connectivity index (χ0) is 45.1. The van der Waals surface area contributed by atoms with E-state index in [2.05, 4.69) is 93.7 Å². The van der Waals surface area contributed by atoms with Gasteiger partial charge in [0.1, 0.15) is 13.2 Å². The van der Waals surface area contributed by atoms with Gasteiger partial charge in [-0.15, -0.1) is 0 Å². The van der Waals surface area contributed by atoms with Crippen LogP contribution in [0.3, 0.4) is 0 Å². The Morgan fingerprint density at radius 3 is 1.34 bits per heavy atom. The molecule has 62 heavy (non-hydrogen) atoms. The molecule has 0 aliphatic carbocycles. The van der Waals surface area contributed by atoms with Crippen LogP contribution in [0.2, 0.25) is 0 Å². The summed E-state index contributed by atoms with van der Waals surface area (Å²) in [5, 5.41) is 0. The van der Waals surface area contributed by atoms with Gasteiger partial charge in [0.2, 0.25) is 0 Å². The molecule has 0 aromatic carbocycles. The quantitative estimate of drug-likeness (QED) is 0.0200. The van der Waals surface area contributed by atoms with Crippen LogP contribution in [0, 0.1) is 0 Å². The maximum Gasteiger partial charge on any atom is 0.309 e. The summed E-state index contributed by atoms with van der Waals surface area (Å²) in [5.41, 5.74) is 0. The summed E-state index contributed by atoms with van der Waals surface area (Å²) >= 11 is 0. The highest BCUT2D eigenvalue weighted by Gasteiger charge is 2.19. The zero-order valence-electron chi connectivity index (χ0n) is 39.6. The van der Waals surface area contributed by atoms with Crippen LogP contribution < -0.4 is 0 Å². The van der Waals surface area contributed by atoms with E-state index in [0.717, 1.165) is 96.3 Å². The second-order valence-corrected chi connectivity index (χ2v) is 15.8. The van der Waals surface area contributed by atoms with E-state index in [0.29, 0.717) is 12.8 Å². The van der Waals surface area contributed by atoms with Crippen LogP contribution in [0.25, 0.3) is 0 Å². The van der Waals surface area contributed by atoms with Crippen LogP contribution in [0.5, 0.6) is 0 Å². The predicted molar refractivity (Wildman–Crippen MR) is 265 cm³/mol. The van der Waals surface area contributed by atoms with E-state index >= 15 is 0 Å². The van der Waals surface area contributed by atoms with Gasteiger partial charge in [0.15, 0.2) is 6.10 Å². The number of carbonyl (C=O) groups is 3. The summed E-state index contributed by atoms with van der Waals surface area (Å²) in [5.74, 6) is -1.10. The first-order valence-corrected chi connectivity index (χ1v) is 24.6. The van der Waals surface area contributed by atoms with Gasteiger partial charge in [-0.2, -0.15) is 0 Å². The number of carbonyl (C=O) groups excluding carboxylic acids is 3. The van der Waals surface area contributed by atoms with Crippen molar-refractivity contribution in [3.8, 4) is 0 Å². The molecule has 0 spiro atoms. The standard InChI is InChI=1S/C56H88O6/c1-4-7-10-13-16-19-21-23-25-27-29-30-32-34-37-40-43-46-49-55(58)61-52-53(51-60-54(57)48-45-42-39-36-18-15-12-9-6-3)62-56(59)50-47-44-41-38-35-33-31-28-26-24-22-20-17-14-11-8-5-2/h9-10,12-13,16-21,23-27,29-30,36,42,45,53H,4-8,11,14-15,22,28,31-35,37-41,43-44,46-52H2,1-3H3/b12-9-,13-10-,19-16-,20-17-,23-21-,26-24-,27-25-,30-29-,36-18-,45-42-. The Morgan fingerprint density at radius 2 is 0.790 bits per heavy atom.